The Hall–Kier alpha value is -3.02. The number of carbonyl (C=O) groups excluding carboxylic acids is 1. The molecule has 1 aliphatic heterocycles. The Balaban J connectivity index is 1.66. The maximum absolute atomic E-state index is 12.9. The van der Waals surface area contributed by atoms with Crippen LogP contribution in [0.3, 0.4) is 0 Å². The van der Waals surface area contributed by atoms with Gasteiger partial charge in [0.25, 0.3) is 5.91 Å². The molecule has 0 spiro atoms. The van der Waals surface area contributed by atoms with Crippen LogP contribution in [0.2, 0.25) is 0 Å². The minimum absolute atomic E-state index is 0.0405. The van der Waals surface area contributed by atoms with Crippen molar-refractivity contribution < 1.29 is 24.2 Å². The van der Waals surface area contributed by atoms with Crippen molar-refractivity contribution in [1.82, 2.24) is 4.90 Å². The highest BCUT2D eigenvalue weighted by Gasteiger charge is 2.27. The van der Waals surface area contributed by atoms with Gasteiger partial charge in [0.1, 0.15) is 0 Å². The Bertz CT molecular complexity index is 821. The summed E-state index contributed by atoms with van der Waals surface area (Å²) in [4.78, 5) is 25.5. The number of hydrogen-bond acceptors (Lipinski definition) is 4. The second-order valence-electron chi connectivity index (χ2n) is 6.87. The highest BCUT2D eigenvalue weighted by Crippen LogP contribution is 2.30. The number of carboxylic acids is 1. The van der Waals surface area contributed by atoms with Crippen LogP contribution in [0.15, 0.2) is 48.5 Å². The van der Waals surface area contributed by atoms with E-state index in [9.17, 15) is 9.59 Å². The zero-order valence-electron chi connectivity index (χ0n) is 16.0. The van der Waals surface area contributed by atoms with Crippen LogP contribution < -0.4 is 9.47 Å². The third-order valence-corrected chi connectivity index (χ3v) is 4.78. The number of rotatable bonds is 8. The van der Waals surface area contributed by atoms with Crippen LogP contribution >= 0.6 is 0 Å². The summed E-state index contributed by atoms with van der Waals surface area (Å²) in [6.07, 6.45) is 1.95. The third kappa shape index (κ3) is 5.03. The molecule has 1 N–H and O–H groups in total. The molecule has 2 aromatic carbocycles. The average Bonchev–Trinajstić information content (AvgIpc) is 3.15. The molecule has 1 saturated heterocycles. The number of carboxylic acid groups (broad SMARTS) is 1. The lowest BCUT2D eigenvalue weighted by molar-refractivity contribution is -0.139. The lowest BCUT2D eigenvalue weighted by Crippen LogP contribution is -2.29. The van der Waals surface area contributed by atoms with Crippen molar-refractivity contribution in [3.05, 3.63) is 59.7 Å². The number of carbonyl (C=O) groups is 2. The second kappa shape index (κ2) is 9.26. The summed E-state index contributed by atoms with van der Waals surface area (Å²) >= 11 is 0. The van der Waals surface area contributed by atoms with Gasteiger partial charge in [-0.25, -0.2) is 4.79 Å². The topological polar surface area (TPSA) is 76.1 Å². The number of aliphatic carboxylic acids is 1. The van der Waals surface area contributed by atoms with Crippen LogP contribution in [0.5, 0.6) is 11.5 Å². The zero-order valence-corrected chi connectivity index (χ0v) is 16.0. The minimum Gasteiger partial charge on any atom is -0.490 e. The van der Waals surface area contributed by atoms with Crippen molar-refractivity contribution in [2.75, 3.05) is 26.3 Å². The Morgan fingerprint density at radius 3 is 2.61 bits per heavy atom. The first-order chi connectivity index (χ1) is 13.6. The van der Waals surface area contributed by atoms with Gasteiger partial charge in [-0.15, -0.1) is 0 Å². The van der Waals surface area contributed by atoms with Gasteiger partial charge in [0.2, 0.25) is 0 Å². The van der Waals surface area contributed by atoms with Crippen LogP contribution in [0.4, 0.5) is 0 Å². The van der Waals surface area contributed by atoms with Crippen molar-refractivity contribution in [3.8, 4) is 11.5 Å². The standard InChI is InChI=1S/C22H25NO5/c1-2-27-20-13-18(8-9-19(20)28-15-21(24)25)22(26)23-11-10-17(14-23)12-16-6-4-3-5-7-16/h3-9,13,17H,2,10-12,14-15H2,1H3,(H,24,25)/t17-/m0/s1. The Labute approximate surface area is 164 Å². The molecule has 1 atom stereocenters. The van der Waals surface area contributed by atoms with Gasteiger partial charge in [0.05, 0.1) is 6.61 Å². The monoisotopic (exact) mass is 383 g/mol. The maximum atomic E-state index is 12.9. The van der Waals surface area contributed by atoms with Crippen LogP contribution in [0.1, 0.15) is 29.3 Å². The zero-order chi connectivity index (χ0) is 19.9. The van der Waals surface area contributed by atoms with Crippen molar-refractivity contribution in [2.24, 2.45) is 5.92 Å². The molecule has 0 radical (unpaired) electrons. The molecule has 0 saturated carbocycles. The number of nitrogens with zero attached hydrogens (tertiary/aromatic N) is 1. The summed E-state index contributed by atoms with van der Waals surface area (Å²) in [5.41, 5.74) is 1.81. The van der Waals surface area contributed by atoms with Crippen molar-refractivity contribution in [3.63, 3.8) is 0 Å². The Morgan fingerprint density at radius 1 is 1.11 bits per heavy atom. The van der Waals surface area contributed by atoms with E-state index in [2.05, 4.69) is 12.1 Å². The summed E-state index contributed by atoms with van der Waals surface area (Å²) in [6.45, 7) is 3.22. The molecule has 0 aromatic heterocycles. The summed E-state index contributed by atoms with van der Waals surface area (Å²) in [5.74, 6) is 0.0557. The number of likely N-dealkylation sites (tertiary alicyclic amines) is 1. The molecule has 2 aromatic rings. The summed E-state index contributed by atoms with van der Waals surface area (Å²) in [6, 6.07) is 15.2. The van der Waals surface area contributed by atoms with E-state index in [1.54, 1.807) is 18.2 Å². The minimum atomic E-state index is -1.07. The highest BCUT2D eigenvalue weighted by molar-refractivity contribution is 5.95. The third-order valence-electron chi connectivity index (χ3n) is 4.78. The number of benzene rings is 2. The fourth-order valence-corrected chi connectivity index (χ4v) is 3.48. The molecule has 1 heterocycles. The summed E-state index contributed by atoms with van der Waals surface area (Å²) < 4.78 is 10.8. The van der Waals surface area contributed by atoms with Crippen LogP contribution in [-0.2, 0) is 11.2 Å². The van der Waals surface area contributed by atoms with Crippen LogP contribution in [0.25, 0.3) is 0 Å². The SMILES string of the molecule is CCOc1cc(C(=O)N2CC[C@@H](Cc3ccccc3)C2)ccc1OCC(=O)O. The lowest BCUT2D eigenvalue weighted by atomic mass is 9.99. The number of ether oxygens (including phenoxy) is 2. The molecule has 1 fully saturated rings. The van der Waals surface area contributed by atoms with Crippen molar-refractivity contribution in [1.29, 1.82) is 0 Å². The fraction of sp³-hybridized carbons (Fsp3) is 0.364. The van der Waals surface area contributed by atoms with E-state index in [0.29, 0.717) is 29.6 Å². The first-order valence-corrected chi connectivity index (χ1v) is 9.51. The van der Waals surface area contributed by atoms with Gasteiger partial charge in [-0.2, -0.15) is 0 Å². The first-order valence-electron chi connectivity index (χ1n) is 9.51. The van der Waals surface area contributed by atoms with E-state index in [4.69, 9.17) is 14.6 Å². The predicted octanol–water partition coefficient (Wildman–Crippen LogP) is 3.25. The molecule has 1 aliphatic rings. The fourth-order valence-electron chi connectivity index (χ4n) is 3.48. The smallest absolute Gasteiger partial charge is 0.341 e. The average molecular weight is 383 g/mol. The van der Waals surface area contributed by atoms with Gasteiger partial charge < -0.3 is 19.5 Å². The van der Waals surface area contributed by atoms with Crippen LogP contribution in [0, 0.1) is 5.92 Å². The molecular weight excluding hydrogens is 358 g/mol. The quantitative estimate of drug-likeness (QED) is 0.757. The van der Waals surface area contributed by atoms with Crippen LogP contribution in [-0.4, -0.2) is 48.2 Å². The predicted molar refractivity (Wildman–Crippen MR) is 105 cm³/mol. The van der Waals surface area contributed by atoms with Crippen molar-refractivity contribution >= 4 is 11.9 Å². The first kappa shape index (κ1) is 19.7. The number of hydrogen-bond donors (Lipinski definition) is 1. The van der Waals surface area contributed by atoms with E-state index in [1.165, 1.54) is 5.56 Å². The van der Waals surface area contributed by atoms with Crippen molar-refractivity contribution in [2.45, 2.75) is 19.8 Å². The van der Waals surface area contributed by atoms with E-state index in [-0.39, 0.29) is 5.91 Å². The summed E-state index contributed by atoms with van der Waals surface area (Å²) in [5, 5.41) is 8.79. The molecule has 6 nitrogen and oxygen atoms in total. The highest BCUT2D eigenvalue weighted by atomic mass is 16.5. The normalized spacial score (nSPS) is 16.0. The molecule has 0 aliphatic carbocycles. The van der Waals surface area contributed by atoms with Gasteiger partial charge in [-0.3, -0.25) is 4.79 Å². The Kier molecular flexibility index (Phi) is 6.53. The lowest BCUT2D eigenvalue weighted by Gasteiger charge is -2.18. The van der Waals surface area contributed by atoms with E-state index >= 15 is 0 Å². The van der Waals surface area contributed by atoms with Gasteiger partial charge in [0.15, 0.2) is 18.1 Å². The van der Waals surface area contributed by atoms with Gasteiger partial charge in [-0.05, 0) is 49.4 Å². The molecule has 0 bridgehead atoms. The molecule has 28 heavy (non-hydrogen) atoms. The molecule has 1 amide bonds. The molecular formula is C22H25NO5. The Morgan fingerprint density at radius 2 is 1.89 bits per heavy atom. The van der Waals surface area contributed by atoms with Gasteiger partial charge in [-0.1, -0.05) is 30.3 Å². The number of amides is 1. The molecule has 3 rings (SSSR count). The molecule has 6 heteroatoms. The van der Waals surface area contributed by atoms with E-state index < -0.39 is 12.6 Å². The maximum Gasteiger partial charge on any atom is 0.341 e. The van der Waals surface area contributed by atoms with E-state index in [0.717, 1.165) is 25.9 Å². The molecule has 148 valence electrons. The molecule has 0 unspecified atom stereocenters. The largest absolute Gasteiger partial charge is 0.490 e. The summed E-state index contributed by atoms with van der Waals surface area (Å²) in [7, 11) is 0. The second-order valence-corrected chi connectivity index (χ2v) is 6.87. The van der Waals surface area contributed by atoms with Gasteiger partial charge in [0, 0.05) is 18.7 Å². The van der Waals surface area contributed by atoms with Gasteiger partial charge >= 0.3 is 5.97 Å². The van der Waals surface area contributed by atoms with E-state index in [1.807, 2.05) is 30.0 Å².